The predicted molar refractivity (Wildman–Crippen MR) is 96.5 cm³/mol. The maximum atomic E-state index is 13.5. The van der Waals surface area contributed by atoms with Gasteiger partial charge in [-0.1, -0.05) is 31.7 Å². The van der Waals surface area contributed by atoms with Crippen LogP contribution >= 0.6 is 0 Å². The second kappa shape index (κ2) is 8.50. The third-order valence-electron chi connectivity index (χ3n) is 4.93. The lowest BCUT2D eigenvalue weighted by molar-refractivity contribution is -0.140. The van der Waals surface area contributed by atoms with E-state index in [2.05, 4.69) is 10.6 Å². The number of carbonyl (C=O) groups is 2. The van der Waals surface area contributed by atoms with Crippen LogP contribution in [-0.2, 0) is 20.8 Å². The summed E-state index contributed by atoms with van der Waals surface area (Å²) in [5.41, 5.74) is -1.27. The fraction of sp³-hybridized carbons (Fsp3) is 0.556. The van der Waals surface area contributed by atoms with Crippen molar-refractivity contribution >= 4 is 21.8 Å². The molecule has 0 spiro atoms. The minimum absolute atomic E-state index is 0.0352. The Hall–Kier alpha value is -2.10. The lowest BCUT2D eigenvalue weighted by Crippen LogP contribution is -2.40. The number of rotatable bonds is 5. The van der Waals surface area contributed by atoms with Crippen molar-refractivity contribution in [2.75, 3.05) is 13.3 Å². The van der Waals surface area contributed by atoms with Gasteiger partial charge >= 0.3 is 12.2 Å². The van der Waals surface area contributed by atoms with Gasteiger partial charge in [-0.2, -0.15) is 13.2 Å². The third kappa shape index (κ3) is 5.46. The zero-order valence-corrected chi connectivity index (χ0v) is 16.4. The number of urea groups is 1. The van der Waals surface area contributed by atoms with E-state index >= 15 is 0 Å². The Labute approximate surface area is 161 Å². The highest BCUT2D eigenvalue weighted by atomic mass is 32.2. The van der Waals surface area contributed by atoms with Gasteiger partial charge in [0.2, 0.25) is 5.91 Å². The highest BCUT2D eigenvalue weighted by Gasteiger charge is 2.38. The van der Waals surface area contributed by atoms with E-state index in [1.165, 1.54) is 13.1 Å². The zero-order valence-electron chi connectivity index (χ0n) is 15.6. The van der Waals surface area contributed by atoms with Gasteiger partial charge in [0.25, 0.3) is 0 Å². The lowest BCUT2D eigenvalue weighted by Gasteiger charge is -2.22. The molecule has 10 heteroatoms. The average molecular weight is 420 g/mol. The van der Waals surface area contributed by atoms with E-state index in [1.807, 2.05) is 0 Å². The molecule has 0 bridgehead atoms. The molecule has 1 aromatic rings. The fourth-order valence-corrected chi connectivity index (χ4v) is 4.43. The molecular formula is C18H23F3N2O4S. The summed E-state index contributed by atoms with van der Waals surface area (Å²) in [5, 5.41) is 4.35. The minimum Gasteiger partial charge on any atom is -0.341 e. The van der Waals surface area contributed by atoms with Crippen LogP contribution in [0.3, 0.4) is 0 Å². The lowest BCUT2D eigenvalue weighted by atomic mass is 9.86. The van der Waals surface area contributed by atoms with Gasteiger partial charge in [0, 0.05) is 13.3 Å². The molecule has 1 fully saturated rings. The molecule has 1 atom stereocenters. The summed E-state index contributed by atoms with van der Waals surface area (Å²) < 4.78 is 63.9. The maximum absolute atomic E-state index is 13.5. The predicted octanol–water partition coefficient (Wildman–Crippen LogP) is 3.23. The first-order valence-electron chi connectivity index (χ1n) is 8.87. The molecule has 156 valence electrons. The largest absolute Gasteiger partial charge is 0.417 e. The quantitative estimate of drug-likeness (QED) is 0.765. The van der Waals surface area contributed by atoms with E-state index in [4.69, 9.17) is 0 Å². The van der Waals surface area contributed by atoms with Crippen molar-refractivity contribution in [3.63, 3.8) is 0 Å². The van der Waals surface area contributed by atoms with Crippen molar-refractivity contribution in [3.05, 3.63) is 29.3 Å². The van der Waals surface area contributed by atoms with Crippen LogP contribution in [0.1, 0.15) is 49.1 Å². The SMILES string of the molecule is CNC(=O)NC(=O)C(CC1CCCC1)c1ccc(S(C)(=O)=O)c(C(F)(F)F)c1. The number of hydrogen-bond donors (Lipinski definition) is 2. The molecule has 2 rings (SSSR count). The van der Waals surface area contributed by atoms with Crippen LogP contribution in [0.4, 0.5) is 18.0 Å². The van der Waals surface area contributed by atoms with Crippen molar-refractivity contribution in [3.8, 4) is 0 Å². The molecule has 0 aromatic heterocycles. The molecule has 6 nitrogen and oxygen atoms in total. The minimum atomic E-state index is -4.90. The molecule has 1 saturated carbocycles. The molecule has 28 heavy (non-hydrogen) atoms. The number of halogens is 3. The maximum Gasteiger partial charge on any atom is 0.417 e. The van der Waals surface area contributed by atoms with Gasteiger partial charge in [-0.3, -0.25) is 10.1 Å². The highest BCUT2D eigenvalue weighted by molar-refractivity contribution is 7.90. The first-order valence-corrected chi connectivity index (χ1v) is 10.8. The van der Waals surface area contributed by atoms with Crippen LogP contribution in [0, 0.1) is 5.92 Å². The summed E-state index contributed by atoms with van der Waals surface area (Å²) in [6.45, 7) is 0. The Kier molecular flexibility index (Phi) is 6.74. The van der Waals surface area contributed by atoms with Gasteiger partial charge in [-0.25, -0.2) is 13.2 Å². The summed E-state index contributed by atoms with van der Waals surface area (Å²) >= 11 is 0. The van der Waals surface area contributed by atoms with Gasteiger partial charge in [-0.15, -0.1) is 0 Å². The van der Waals surface area contributed by atoms with E-state index in [0.717, 1.165) is 31.7 Å². The van der Waals surface area contributed by atoms with Crippen molar-refractivity contribution in [1.29, 1.82) is 0 Å². The number of sulfone groups is 1. The standard InChI is InChI=1S/C18H23F3N2O4S/c1-22-17(25)23-16(24)13(9-11-5-3-4-6-11)12-7-8-15(28(2,26)27)14(10-12)18(19,20)21/h7-8,10-11,13H,3-6,9H2,1-2H3,(H2,22,23,24,25). The molecular weight excluding hydrogens is 397 g/mol. The molecule has 0 saturated heterocycles. The Bertz CT molecular complexity index is 847. The van der Waals surface area contributed by atoms with Gasteiger partial charge in [0.15, 0.2) is 9.84 Å². The Morgan fingerprint density at radius 3 is 2.32 bits per heavy atom. The van der Waals surface area contributed by atoms with Gasteiger partial charge < -0.3 is 5.32 Å². The van der Waals surface area contributed by atoms with Gasteiger partial charge in [-0.05, 0) is 30.0 Å². The van der Waals surface area contributed by atoms with Gasteiger partial charge in [0.05, 0.1) is 16.4 Å². The molecule has 0 aliphatic heterocycles. The number of benzene rings is 1. The molecule has 1 unspecified atom stereocenters. The van der Waals surface area contributed by atoms with Crippen LogP contribution in [0.2, 0.25) is 0 Å². The molecule has 2 N–H and O–H groups in total. The smallest absolute Gasteiger partial charge is 0.341 e. The monoisotopic (exact) mass is 420 g/mol. The van der Waals surface area contributed by atoms with Crippen LogP contribution in [0.25, 0.3) is 0 Å². The van der Waals surface area contributed by atoms with E-state index in [9.17, 15) is 31.2 Å². The first-order chi connectivity index (χ1) is 12.9. The topological polar surface area (TPSA) is 92.3 Å². The second-order valence-corrected chi connectivity index (χ2v) is 9.02. The normalized spacial score (nSPS) is 16.6. The number of amides is 3. The highest BCUT2D eigenvalue weighted by Crippen LogP contribution is 2.39. The average Bonchev–Trinajstić information content (AvgIpc) is 3.10. The van der Waals surface area contributed by atoms with Crippen molar-refractivity contribution in [2.24, 2.45) is 5.92 Å². The second-order valence-electron chi connectivity index (χ2n) is 7.03. The summed E-state index contributed by atoms with van der Waals surface area (Å²) in [6, 6.07) is 2.04. The summed E-state index contributed by atoms with van der Waals surface area (Å²) in [4.78, 5) is 23.2. The van der Waals surface area contributed by atoms with Crippen molar-refractivity contribution in [2.45, 2.75) is 49.1 Å². The summed E-state index contributed by atoms with van der Waals surface area (Å²) in [7, 11) is -2.79. The first kappa shape index (κ1) is 22.2. The van der Waals surface area contributed by atoms with Crippen molar-refractivity contribution in [1.82, 2.24) is 10.6 Å². The van der Waals surface area contributed by atoms with Crippen LogP contribution < -0.4 is 10.6 Å². The van der Waals surface area contributed by atoms with Crippen LogP contribution in [-0.4, -0.2) is 33.7 Å². The summed E-state index contributed by atoms with van der Waals surface area (Å²) in [5.74, 6) is -1.55. The number of imide groups is 1. The van der Waals surface area contributed by atoms with Crippen molar-refractivity contribution < 1.29 is 31.2 Å². The van der Waals surface area contributed by atoms with Crippen LogP contribution in [0.15, 0.2) is 23.1 Å². The number of carbonyl (C=O) groups excluding carboxylic acids is 2. The van der Waals surface area contributed by atoms with Crippen LogP contribution in [0.5, 0.6) is 0 Å². The number of nitrogens with one attached hydrogen (secondary N) is 2. The van der Waals surface area contributed by atoms with E-state index in [-0.39, 0.29) is 11.5 Å². The molecule has 1 aliphatic rings. The molecule has 0 radical (unpaired) electrons. The number of hydrogen-bond acceptors (Lipinski definition) is 4. The van der Waals surface area contributed by atoms with E-state index in [1.54, 1.807) is 0 Å². The Morgan fingerprint density at radius 1 is 1.21 bits per heavy atom. The Morgan fingerprint density at radius 2 is 1.82 bits per heavy atom. The fourth-order valence-electron chi connectivity index (χ4n) is 3.54. The van der Waals surface area contributed by atoms with Gasteiger partial charge in [0.1, 0.15) is 0 Å². The Balaban J connectivity index is 2.48. The van der Waals surface area contributed by atoms with E-state index in [0.29, 0.717) is 18.7 Å². The molecule has 0 heterocycles. The zero-order chi connectivity index (χ0) is 21.1. The molecule has 3 amide bonds. The third-order valence-corrected chi connectivity index (χ3v) is 6.09. The molecule has 1 aliphatic carbocycles. The molecule has 1 aromatic carbocycles. The summed E-state index contributed by atoms with van der Waals surface area (Å²) in [6.07, 6.45) is -0.230. The number of alkyl halides is 3. The van der Waals surface area contributed by atoms with E-state index < -0.39 is 44.3 Å².